The number of hydrogen-bond donors (Lipinski definition) is 0. The molecule has 0 saturated carbocycles. The van der Waals surface area contributed by atoms with E-state index in [9.17, 15) is 39.5 Å². The molecule has 0 amide bonds. The Hall–Kier alpha value is -4.35. The molecule has 4 rings (SSSR count). The van der Waals surface area contributed by atoms with Crippen LogP contribution in [0.15, 0.2) is 66.8 Å². The highest BCUT2D eigenvalue weighted by atomic mass is 19.3. The molecule has 0 unspecified atom stereocenters. The van der Waals surface area contributed by atoms with Crippen LogP contribution in [-0.2, 0) is 6.11 Å². The predicted octanol–water partition coefficient (Wildman–Crippen LogP) is 10.6. The number of unbranched alkanes of at least 4 members (excludes halogenated alkanes) is 4. The highest BCUT2D eigenvalue weighted by Crippen LogP contribution is 2.37. The van der Waals surface area contributed by atoms with Gasteiger partial charge in [-0.3, -0.25) is 0 Å². The fraction of sp³-hybridized carbons (Fsp3) is 0.250. The van der Waals surface area contributed by atoms with Crippen LogP contribution in [-0.4, -0.2) is 9.97 Å². The molecular weight excluding hydrogens is 599 g/mol. The zero-order valence-corrected chi connectivity index (χ0v) is 23.2. The van der Waals surface area contributed by atoms with Gasteiger partial charge in [0.15, 0.2) is 29.1 Å². The summed E-state index contributed by atoms with van der Waals surface area (Å²) >= 11 is 0. The van der Waals surface area contributed by atoms with Crippen molar-refractivity contribution >= 4 is 5.83 Å². The number of hydrogen-bond acceptors (Lipinski definition) is 3. The molecule has 1 aromatic heterocycles. The van der Waals surface area contributed by atoms with Gasteiger partial charge in [0.25, 0.3) is 0 Å². The topological polar surface area (TPSA) is 35.0 Å². The van der Waals surface area contributed by atoms with E-state index in [4.69, 9.17) is 0 Å². The summed E-state index contributed by atoms with van der Waals surface area (Å²) in [6, 6.07) is 7.01. The van der Waals surface area contributed by atoms with Gasteiger partial charge in [-0.15, -0.1) is 0 Å². The molecule has 0 fully saturated rings. The molecule has 0 N–H and O–H groups in total. The second kappa shape index (κ2) is 14.0. The van der Waals surface area contributed by atoms with Crippen molar-refractivity contribution < 1.29 is 44.3 Å². The molecule has 0 bridgehead atoms. The molecule has 3 aromatic carbocycles. The van der Waals surface area contributed by atoms with Gasteiger partial charge in [-0.05, 0) is 24.1 Å². The Balaban J connectivity index is 1.48. The van der Waals surface area contributed by atoms with Crippen LogP contribution in [0.1, 0.15) is 56.6 Å². The van der Waals surface area contributed by atoms with Crippen LogP contribution in [0, 0.1) is 29.1 Å². The Morgan fingerprint density at radius 2 is 1.27 bits per heavy atom. The van der Waals surface area contributed by atoms with Crippen molar-refractivity contribution in [1.29, 1.82) is 0 Å². The molecule has 3 nitrogen and oxygen atoms in total. The van der Waals surface area contributed by atoms with Crippen LogP contribution in [0.4, 0.5) is 39.5 Å². The molecule has 0 aliphatic rings. The van der Waals surface area contributed by atoms with Gasteiger partial charge >= 0.3 is 6.11 Å². The van der Waals surface area contributed by atoms with Crippen molar-refractivity contribution in [2.45, 2.75) is 51.6 Å². The lowest BCUT2D eigenvalue weighted by Gasteiger charge is -2.20. The lowest BCUT2D eigenvalue weighted by atomic mass is 10.0. The third-order valence-corrected chi connectivity index (χ3v) is 6.66. The van der Waals surface area contributed by atoms with Crippen LogP contribution in [0.25, 0.3) is 28.3 Å². The first-order valence-corrected chi connectivity index (χ1v) is 13.6. The maximum absolute atomic E-state index is 14.7. The molecule has 0 aliphatic carbocycles. The summed E-state index contributed by atoms with van der Waals surface area (Å²) in [5, 5.41) is 0. The van der Waals surface area contributed by atoms with Gasteiger partial charge < -0.3 is 4.74 Å². The average Bonchev–Trinajstić information content (AvgIpc) is 2.98. The van der Waals surface area contributed by atoms with Crippen LogP contribution >= 0.6 is 0 Å². The molecule has 232 valence electrons. The highest BCUT2D eigenvalue weighted by molar-refractivity contribution is 5.68. The summed E-state index contributed by atoms with van der Waals surface area (Å²) in [7, 11) is 0. The largest absolute Gasteiger partial charge is 0.432 e. The second-order valence-corrected chi connectivity index (χ2v) is 9.89. The van der Waals surface area contributed by atoms with E-state index in [0.717, 1.165) is 25.7 Å². The second-order valence-electron chi connectivity index (χ2n) is 9.89. The minimum Gasteiger partial charge on any atom is -0.429 e. The Kier molecular flexibility index (Phi) is 10.3. The third kappa shape index (κ3) is 7.59. The number of aromatic nitrogens is 2. The van der Waals surface area contributed by atoms with Crippen molar-refractivity contribution in [2.24, 2.45) is 0 Å². The zero-order valence-electron chi connectivity index (χ0n) is 23.2. The van der Waals surface area contributed by atoms with E-state index in [-0.39, 0.29) is 35.5 Å². The van der Waals surface area contributed by atoms with E-state index in [1.807, 2.05) is 0 Å². The number of allylic oxidation sites excluding steroid dienone is 1. The first-order chi connectivity index (χ1) is 20.9. The molecule has 4 aromatic rings. The molecule has 0 aliphatic heterocycles. The summed E-state index contributed by atoms with van der Waals surface area (Å²) in [5.41, 5.74) is -1.20. The molecule has 12 heteroatoms. The van der Waals surface area contributed by atoms with E-state index < -0.39 is 58.2 Å². The fourth-order valence-electron chi connectivity index (χ4n) is 4.36. The predicted molar refractivity (Wildman–Crippen MR) is 146 cm³/mol. The average molecular weight is 625 g/mol. The van der Waals surface area contributed by atoms with Gasteiger partial charge in [0.05, 0.1) is 0 Å². The Bertz CT molecular complexity index is 1590. The van der Waals surface area contributed by atoms with Crippen molar-refractivity contribution in [1.82, 2.24) is 9.97 Å². The Morgan fingerprint density at radius 1 is 0.705 bits per heavy atom. The summed E-state index contributed by atoms with van der Waals surface area (Å²) in [4.78, 5) is 8.02. The van der Waals surface area contributed by atoms with Gasteiger partial charge in [0.2, 0.25) is 0 Å². The van der Waals surface area contributed by atoms with Gasteiger partial charge in [-0.25, -0.2) is 40.7 Å². The SMILES string of the molecule is CCCCCCCC(F)=C(F)c1ccc(-c2cnc(-c3cc(F)c(C(F)(F)Oc4cc(F)c(F)c(F)c4)c(F)c3)nc2)cc1. The number of nitrogens with zero attached hydrogens (tertiary/aromatic N) is 2. The van der Waals surface area contributed by atoms with Crippen LogP contribution in [0.3, 0.4) is 0 Å². The maximum atomic E-state index is 14.7. The summed E-state index contributed by atoms with van der Waals surface area (Å²) in [6.45, 7) is 2.06. The molecule has 0 spiro atoms. The van der Waals surface area contributed by atoms with E-state index in [2.05, 4.69) is 21.6 Å². The molecule has 0 atom stereocenters. The van der Waals surface area contributed by atoms with Crippen molar-refractivity contribution in [3.05, 3.63) is 107 Å². The monoisotopic (exact) mass is 624 g/mol. The number of benzene rings is 3. The molecule has 44 heavy (non-hydrogen) atoms. The lowest BCUT2D eigenvalue weighted by molar-refractivity contribution is -0.189. The Labute approximate surface area is 247 Å². The third-order valence-electron chi connectivity index (χ3n) is 6.66. The molecular formula is C32H25F9N2O. The van der Waals surface area contributed by atoms with E-state index in [1.54, 1.807) is 0 Å². The van der Waals surface area contributed by atoms with Crippen LogP contribution in [0.5, 0.6) is 5.75 Å². The smallest absolute Gasteiger partial charge is 0.429 e. The lowest BCUT2D eigenvalue weighted by Crippen LogP contribution is -2.25. The molecule has 1 heterocycles. The minimum atomic E-state index is -4.74. The maximum Gasteiger partial charge on any atom is 0.432 e. The van der Waals surface area contributed by atoms with E-state index in [0.29, 0.717) is 29.7 Å². The zero-order chi connectivity index (χ0) is 32.0. The molecule has 0 radical (unpaired) electrons. The Morgan fingerprint density at radius 3 is 1.84 bits per heavy atom. The number of halogens is 9. The van der Waals surface area contributed by atoms with Crippen LogP contribution < -0.4 is 4.74 Å². The van der Waals surface area contributed by atoms with Crippen molar-refractivity contribution in [3.63, 3.8) is 0 Å². The number of alkyl halides is 2. The van der Waals surface area contributed by atoms with E-state index >= 15 is 0 Å². The summed E-state index contributed by atoms with van der Waals surface area (Å²) < 4.78 is 131. The van der Waals surface area contributed by atoms with E-state index in [1.165, 1.54) is 36.7 Å². The first kappa shape index (κ1) is 32.6. The first-order valence-electron chi connectivity index (χ1n) is 13.6. The number of rotatable bonds is 12. The van der Waals surface area contributed by atoms with Gasteiger partial charge in [-0.2, -0.15) is 8.78 Å². The van der Waals surface area contributed by atoms with Crippen LogP contribution in [0.2, 0.25) is 0 Å². The fourth-order valence-corrected chi connectivity index (χ4v) is 4.36. The summed E-state index contributed by atoms with van der Waals surface area (Å²) in [5.74, 6) is -12.4. The van der Waals surface area contributed by atoms with Crippen molar-refractivity contribution in [3.8, 4) is 28.3 Å². The molecule has 0 saturated heterocycles. The van der Waals surface area contributed by atoms with Gasteiger partial charge in [-0.1, -0.05) is 56.9 Å². The normalized spacial score (nSPS) is 12.3. The summed E-state index contributed by atoms with van der Waals surface area (Å²) in [6.07, 6.45) is 2.24. The minimum absolute atomic E-state index is 0.00759. The van der Waals surface area contributed by atoms with Gasteiger partial charge in [0, 0.05) is 47.6 Å². The standard InChI is InChI=1S/C32H25F9N2O/c1-2-3-4-5-6-7-23(33)29(38)19-10-8-18(9-11-19)21-16-42-31(43-17-21)20-12-24(34)28(25(35)13-20)32(40,41)44-22-14-26(36)30(39)27(37)15-22/h8-17H,2-7H2,1H3. The quantitative estimate of drug-likeness (QED) is 0.0894. The highest BCUT2D eigenvalue weighted by Gasteiger charge is 2.41. The van der Waals surface area contributed by atoms with Gasteiger partial charge in [0.1, 0.15) is 28.8 Å². The van der Waals surface area contributed by atoms with Crippen molar-refractivity contribution in [2.75, 3.05) is 0 Å². The number of ether oxygens (including phenoxy) is 1.